The minimum absolute atomic E-state index is 0.00317. The van der Waals surface area contributed by atoms with E-state index in [1.165, 1.54) is 25.3 Å². The zero-order valence-corrected chi connectivity index (χ0v) is 17.8. The lowest BCUT2D eigenvalue weighted by molar-refractivity contribution is -0.0226. The molecule has 1 amide bonds. The molecule has 1 heterocycles. The number of ether oxygens (including phenoxy) is 2. The van der Waals surface area contributed by atoms with Crippen LogP contribution in [0, 0.1) is 0 Å². The number of hydrogen-bond donors (Lipinski definition) is 1. The van der Waals surface area contributed by atoms with Crippen LogP contribution in [-0.4, -0.2) is 52.1 Å². The molecule has 156 valence electrons. The van der Waals surface area contributed by atoms with Gasteiger partial charge in [0.15, 0.2) is 0 Å². The number of morpholine rings is 1. The van der Waals surface area contributed by atoms with Gasteiger partial charge < -0.3 is 14.4 Å². The first kappa shape index (κ1) is 21.4. The Hall–Kier alpha value is -2.29. The van der Waals surface area contributed by atoms with Crippen molar-refractivity contribution >= 4 is 33.2 Å². The fraction of sp³-hybridized carbons (Fsp3) is 0.350. The van der Waals surface area contributed by atoms with Gasteiger partial charge in [0.05, 0.1) is 30.4 Å². The summed E-state index contributed by atoms with van der Waals surface area (Å²) in [6.07, 6.45) is 0.806. The van der Waals surface area contributed by atoms with Crippen molar-refractivity contribution in [1.29, 1.82) is 0 Å². The van der Waals surface area contributed by atoms with E-state index in [1.807, 2.05) is 6.92 Å². The molecule has 1 aliphatic rings. The Balaban J connectivity index is 1.85. The second-order valence-corrected chi connectivity index (χ2v) is 8.75. The predicted molar refractivity (Wildman–Crippen MR) is 111 cm³/mol. The van der Waals surface area contributed by atoms with Crippen LogP contribution in [0.25, 0.3) is 0 Å². The molecule has 0 radical (unpaired) electrons. The minimum Gasteiger partial charge on any atom is -0.495 e. The normalized spacial score (nSPS) is 17.1. The topological polar surface area (TPSA) is 84.9 Å². The molecule has 2 aromatic carbocycles. The molecule has 29 heavy (non-hydrogen) atoms. The number of carbonyl (C=O) groups is 1. The molecule has 9 heteroatoms. The maximum absolute atomic E-state index is 12.9. The number of rotatable bonds is 6. The molecule has 7 nitrogen and oxygen atoms in total. The third-order valence-electron chi connectivity index (χ3n) is 4.68. The van der Waals surface area contributed by atoms with Crippen molar-refractivity contribution in [1.82, 2.24) is 4.90 Å². The molecule has 2 aromatic rings. The van der Waals surface area contributed by atoms with E-state index < -0.39 is 10.0 Å². The summed E-state index contributed by atoms with van der Waals surface area (Å²) >= 11 is 5.97. The van der Waals surface area contributed by atoms with Crippen molar-refractivity contribution in [2.75, 3.05) is 31.5 Å². The van der Waals surface area contributed by atoms with E-state index in [1.54, 1.807) is 29.2 Å². The van der Waals surface area contributed by atoms with Crippen LogP contribution in [0.4, 0.5) is 5.69 Å². The maximum Gasteiger partial charge on any atom is 0.262 e. The molecule has 1 fully saturated rings. The molecule has 0 bridgehead atoms. The first-order valence-electron chi connectivity index (χ1n) is 9.21. The summed E-state index contributed by atoms with van der Waals surface area (Å²) in [5.74, 6) is 0.119. The number of halogens is 1. The summed E-state index contributed by atoms with van der Waals surface area (Å²) in [5.41, 5.74) is 0.526. The molecule has 1 atom stereocenters. The van der Waals surface area contributed by atoms with Crippen LogP contribution in [-0.2, 0) is 14.8 Å². The first-order chi connectivity index (χ1) is 13.8. The highest BCUT2D eigenvalue weighted by molar-refractivity contribution is 7.92. The quantitative estimate of drug-likeness (QED) is 0.747. The molecule has 1 N–H and O–H groups in total. The van der Waals surface area contributed by atoms with Gasteiger partial charge in [-0.15, -0.1) is 0 Å². The van der Waals surface area contributed by atoms with Gasteiger partial charge >= 0.3 is 0 Å². The zero-order valence-electron chi connectivity index (χ0n) is 16.2. The number of sulfonamides is 1. The van der Waals surface area contributed by atoms with Gasteiger partial charge in [-0.1, -0.05) is 24.6 Å². The Morgan fingerprint density at radius 3 is 2.83 bits per heavy atom. The number of benzene rings is 2. The molecule has 0 aliphatic carbocycles. The second-order valence-electron chi connectivity index (χ2n) is 6.63. The highest BCUT2D eigenvalue weighted by atomic mass is 35.5. The molecule has 0 aromatic heterocycles. The summed E-state index contributed by atoms with van der Waals surface area (Å²) < 4.78 is 39.0. The van der Waals surface area contributed by atoms with Crippen LogP contribution in [0.1, 0.15) is 23.7 Å². The number of methoxy groups -OCH3 is 1. The van der Waals surface area contributed by atoms with Crippen molar-refractivity contribution < 1.29 is 22.7 Å². The fourth-order valence-corrected chi connectivity index (χ4v) is 4.37. The van der Waals surface area contributed by atoms with Crippen molar-refractivity contribution in [3.8, 4) is 5.75 Å². The Morgan fingerprint density at radius 1 is 1.31 bits per heavy atom. The molecule has 1 unspecified atom stereocenters. The van der Waals surface area contributed by atoms with Crippen molar-refractivity contribution in [3.05, 3.63) is 53.1 Å². The van der Waals surface area contributed by atoms with Crippen LogP contribution in [0.3, 0.4) is 0 Å². The number of anilines is 1. The number of carbonyl (C=O) groups excluding carboxylic acids is 1. The van der Waals surface area contributed by atoms with Crippen molar-refractivity contribution in [3.63, 3.8) is 0 Å². The number of nitrogens with one attached hydrogen (secondary N) is 1. The lowest BCUT2D eigenvalue weighted by atomic mass is 10.1. The third kappa shape index (κ3) is 5.01. The van der Waals surface area contributed by atoms with Crippen LogP contribution in [0.5, 0.6) is 5.75 Å². The summed E-state index contributed by atoms with van der Waals surface area (Å²) in [4.78, 5) is 14.5. The smallest absolute Gasteiger partial charge is 0.262 e. The standard InChI is InChI=1S/C20H23ClN2O5S/c1-3-16-13-23(9-10-28-16)20(24)14-5-4-6-17(11-14)29(25,26)22-18-12-15(21)7-8-19(18)27-2/h4-8,11-12,16,22H,3,9-10,13H2,1-2H3. The molecule has 3 rings (SSSR count). The van der Waals surface area contributed by atoms with Gasteiger partial charge in [0.25, 0.3) is 15.9 Å². The van der Waals surface area contributed by atoms with Crippen LogP contribution >= 0.6 is 11.6 Å². The average molecular weight is 439 g/mol. The zero-order chi connectivity index (χ0) is 21.0. The maximum atomic E-state index is 12.9. The summed E-state index contributed by atoms with van der Waals surface area (Å²) in [6, 6.07) is 10.6. The Bertz CT molecular complexity index is 996. The van der Waals surface area contributed by atoms with Crippen molar-refractivity contribution in [2.24, 2.45) is 0 Å². The molecule has 1 aliphatic heterocycles. The van der Waals surface area contributed by atoms with E-state index >= 15 is 0 Å². The minimum atomic E-state index is -3.95. The lowest BCUT2D eigenvalue weighted by Crippen LogP contribution is -2.45. The summed E-state index contributed by atoms with van der Waals surface area (Å²) in [7, 11) is -2.51. The third-order valence-corrected chi connectivity index (χ3v) is 6.28. The molecule has 0 spiro atoms. The van der Waals surface area contributed by atoms with Gasteiger partial charge in [0.1, 0.15) is 5.75 Å². The Labute approximate surface area is 175 Å². The van der Waals surface area contributed by atoms with Gasteiger partial charge in [-0.3, -0.25) is 9.52 Å². The number of hydrogen-bond acceptors (Lipinski definition) is 5. The van der Waals surface area contributed by atoms with E-state index in [0.717, 1.165) is 6.42 Å². The highest BCUT2D eigenvalue weighted by Gasteiger charge is 2.25. The van der Waals surface area contributed by atoms with E-state index in [9.17, 15) is 13.2 Å². The lowest BCUT2D eigenvalue weighted by Gasteiger charge is -2.32. The largest absolute Gasteiger partial charge is 0.495 e. The van der Waals surface area contributed by atoms with E-state index in [-0.39, 0.29) is 22.6 Å². The van der Waals surface area contributed by atoms with E-state index in [2.05, 4.69) is 4.72 Å². The van der Waals surface area contributed by atoms with Crippen molar-refractivity contribution in [2.45, 2.75) is 24.3 Å². The monoisotopic (exact) mass is 438 g/mol. The average Bonchev–Trinajstić information content (AvgIpc) is 2.73. The van der Waals surface area contributed by atoms with Gasteiger partial charge in [0.2, 0.25) is 0 Å². The van der Waals surface area contributed by atoms with Crippen LogP contribution in [0.15, 0.2) is 47.4 Å². The predicted octanol–water partition coefficient (Wildman–Crippen LogP) is 3.40. The second kappa shape index (κ2) is 9.02. The highest BCUT2D eigenvalue weighted by Crippen LogP contribution is 2.30. The Morgan fingerprint density at radius 2 is 2.10 bits per heavy atom. The van der Waals surface area contributed by atoms with Gasteiger partial charge in [-0.2, -0.15) is 0 Å². The Kier molecular flexibility index (Phi) is 6.66. The van der Waals surface area contributed by atoms with Crippen LogP contribution < -0.4 is 9.46 Å². The molecule has 0 saturated carbocycles. The molecular formula is C20H23ClN2O5S. The number of amides is 1. The van der Waals surface area contributed by atoms with Gasteiger partial charge in [-0.05, 0) is 42.8 Å². The molecular weight excluding hydrogens is 416 g/mol. The summed E-state index contributed by atoms with van der Waals surface area (Å²) in [5, 5.41) is 0.366. The number of nitrogens with zero attached hydrogens (tertiary/aromatic N) is 1. The fourth-order valence-electron chi connectivity index (χ4n) is 3.09. The first-order valence-corrected chi connectivity index (χ1v) is 11.1. The summed E-state index contributed by atoms with van der Waals surface area (Å²) in [6.45, 7) is 3.44. The van der Waals surface area contributed by atoms with Crippen LogP contribution in [0.2, 0.25) is 5.02 Å². The van der Waals surface area contributed by atoms with Gasteiger partial charge in [-0.25, -0.2) is 8.42 Å². The molecule has 1 saturated heterocycles. The van der Waals surface area contributed by atoms with E-state index in [0.29, 0.717) is 36.0 Å². The SMILES string of the molecule is CCC1CN(C(=O)c2cccc(S(=O)(=O)Nc3cc(Cl)ccc3OC)c2)CCO1. The van der Waals surface area contributed by atoms with Gasteiger partial charge in [0, 0.05) is 23.7 Å². The van der Waals surface area contributed by atoms with E-state index in [4.69, 9.17) is 21.1 Å².